The summed E-state index contributed by atoms with van der Waals surface area (Å²) in [5.41, 5.74) is 2.44. The summed E-state index contributed by atoms with van der Waals surface area (Å²) < 4.78 is 7.32. The average Bonchev–Trinajstić information content (AvgIpc) is 3.08. The van der Waals surface area contributed by atoms with Crippen LogP contribution in [0.1, 0.15) is 25.5 Å². The smallest absolute Gasteiger partial charge is 0.338 e. The minimum Gasteiger partial charge on any atom is -0.463 e. The number of aromatic nitrogens is 2. The summed E-state index contributed by atoms with van der Waals surface area (Å²) in [4.78, 5) is 17.1. The van der Waals surface area contributed by atoms with Gasteiger partial charge in [0, 0.05) is 18.1 Å². The fourth-order valence-electron chi connectivity index (χ4n) is 3.47. The van der Waals surface area contributed by atoms with E-state index in [-0.39, 0.29) is 12.0 Å². The summed E-state index contributed by atoms with van der Waals surface area (Å²) >= 11 is 0. The molecule has 1 aliphatic heterocycles. The number of esters is 1. The standard InChI is InChI=1S/C20H19N3O2/c1-3-25-19(24)17-13(2)22-20-21-11-12-23(20)18(17)16-10-6-8-14-7-4-5-9-15(14)16/h4-12,18H,3H2,1-2H3,(H,21,22). The quantitative estimate of drug-likeness (QED) is 0.739. The van der Waals surface area contributed by atoms with Gasteiger partial charge in [0.15, 0.2) is 0 Å². The molecule has 4 rings (SSSR count). The SMILES string of the molecule is CCOC(=O)C1=C(C)Nc2nccn2C1c1cccc2ccccc12. The van der Waals surface area contributed by atoms with Gasteiger partial charge in [-0.1, -0.05) is 42.5 Å². The molecule has 0 spiro atoms. The van der Waals surface area contributed by atoms with Crippen molar-refractivity contribution >= 4 is 22.7 Å². The second-order valence-corrected chi connectivity index (χ2v) is 6.01. The number of rotatable bonds is 3. The number of ether oxygens (including phenoxy) is 1. The van der Waals surface area contributed by atoms with E-state index in [9.17, 15) is 4.79 Å². The van der Waals surface area contributed by atoms with Gasteiger partial charge in [0.25, 0.3) is 0 Å². The molecule has 126 valence electrons. The number of imidazole rings is 1. The van der Waals surface area contributed by atoms with Gasteiger partial charge in [0.1, 0.15) is 0 Å². The molecule has 2 heterocycles. The first-order valence-electron chi connectivity index (χ1n) is 8.36. The molecule has 0 radical (unpaired) electrons. The second-order valence-electron chi connectivity index (χ2n) is 6.01. The zero-order chi connectivity index (χ0) is 17.4. The van der Waals surface area contributed by atoms with Crippen LogP contribution in [0.5, 0.6) is 0 Å². The van der Waals surface area contributed by atoms with Crippen LogP contribution in [0.2, 0.25) is 0 Å². The molecule has 1 aliphatic rings. The van der Waals surface area contributed by atoms with E-state index in [1.165, 1.54) is 0 Å². The molecular weight excluding hydrogens is 314 g/mol. The number of nitrogens with zero attached hydrogens (tertiary/aromatic N) is 2. The lowest BCUT2D eigenvalue weighted by Crippen LogP contribution is -2.28. The second kappa shape index (κ2) is 6.09. The van der Waals surface area contributed by atoms with E-state index in [1.807, 2.05) is 42.8 Å². The third-order valence-corrected chi connectivity index (χ3v) is 4.54. The van der Waals surface area contributed by atoms with Gasteiger partial charge in [-0.05, 0) is 30.2 Å². The predicted molar refractivity (Wildman–Crippen MR) is 97.3 cm³/mol. The summed E-state index contributed by atoms with van der Waals surface area (Å²) in [7, 11) is 0. The van der Waals surface area contributed by atoms with Gasteiger partial charge in [-0.15, -0.1) is 0 Å². The molecular formula is C20H19N3O2. The molecule has 2 aromatic carbocycles. The van der Waals surface area contributed by atoms with Gasteiger partial charge in [0.2, 0.25) is 5.95 Å². The van der Waals surface area contributed by atoms with Gasteiger partial charge in [-0.25, -0.2) is 9.78 Å². The molecule has 0 fully saturated rings. The van der Waals surface area contributed by atoms with Crippen LogP contribution >= 0.6 is 0 Å². The van der Waals surface area contributed by atoms with Crippen LogP contribution in [-0.4, -0.2) is 22.1 Å². The number of allylic oxidation sites excluding steroid dienone is 1. The minimum absolute atomic E-state index is 0.274. The Morgan fingerprint density at radius 3 is 2.88 bits per heavy atom. The molecule has 1 N–H and O–H groups in total. The lowest BCUT2D eigenvalue weighted by molar-refractivity contribution is -0.139. The maximum absolute atomic E-state index is 12.7. The van der Waals surface area contributed by atoms with E-state index in [0.717, 1.165) is 28.0 Å². The maximum Gasteiger partial charge on any atom is 0.338 e. The van der Waals surface area contributed by atoms with Crippen molar-refractivity contribution in [3.63, 3.8) is 0 Å². The Bertz CT molecular complexity index is 982. The first kappa shape index (κ1) is 15.4. The van der Waals surface area contributed by atoms with Gasteiger partial charge in [0.05, 0.1) is 18.2 Å². The highest BCUT2D eigenvalue weighted by atomic mass is 16.5. The van der Waals surface area contributed by atoms with Crippen molar-refractivity contribution in [2.75, 3.05) is 11.9 Å². The number of hydrogen-bond donors (Lipinski definition) is 1. The van der Waals surface area contributed by atoms with Gasteiger partial charge in [-0.2, -0.15) is 0 Å². The molecule has 1 aromatic heterocycles. The number of fused-ring (bicyclic) bond motifs is 2. The number of hydrogen-bond acceptors (Lipinski definition) is 4. The van der Waals surface area contributed by atoms with Crippen molar-refractivity contribution in [2.45, 2.75) is 19.9 Å². The summed E-state index contributed by atoms with van der Waals surface area (Å²) in [6, 6.07) is 14.1. The van der Waals surface area contributed by atoms with Gasteiger partial charge in [-0.3, -0.25) is 0 Å². The van der Waals surface area contributed by atoms with Crippen LogP contribution in [0.25, 0.3) is 10.8 Å². The van der Waals surface area contributed by atoms with E-state index in [4.69, 9.17) is 4.74 Å². The molecule has 0 bridgehead atoms. The third-order valence-electron chi connectivity index (χ3n) is 4.54. The largest absolute Gasteiger partial charge is 0.463 e. The van der Waals surface area contributed by atoms with Crippen LogP contribution in [0.15, 0.2) is 66.1 Å². The Kier molecular flexibility index (Phi) is 3.76. The molecule has 0 amide bonds. The van der Waals surface area contributed by atoms with E-state index in [2.05, 4.69) is 34.6 Å². The molecule has 0 saturated heterocycles. The zero-order valence-corrected chi connectivity index (χ0v) is 14.2. The first-order valence-corrected chi connectivity index (χ1v) is 8.36. The minimum atomic E-state index is -0.301. The van der Waals surface area contributed by atoms with Crippen molar-refractivity contribution in [2.24, 2.45) is 0 Å². The maximum atomic E-state index is 12.7. The van der Waals surface area contributed by atoms with Crippen molar-refractivity contribution in [1.82, 2.24) is 9.55 Å². The third kappa shape index (κ3) is 2.48. The summed E-state index contributed by atoms with van der Waals surface area (Å²) in [5.74, 6) is 0.424. The summed E-state index contributed by atoms with van der Waals surface area (Å²) in [6.45, 7) is 4.05. The molecule has 1 atom stereocenters. The highest BCUT2D eigenvalue weighted by molar-refractivity contribution is 5.95. The number of carbonyl (C=O) groups is 1. The Morgan fingerprint density at radius 2 is 2.04 bits per heavy atom. The van der Waals surface area contributed by atoms with Crippen molar-refractivity contribution in [3.8, 4) is 0 Å². The molecule has 0 aliphatic carbocycles. The number of anilines is 1. The lowest BCUT2D eigenvalue weighted by atomic mass is 9.91. The predicted octanol–water partition coefficient (Wildman–Crippen LogP) is 3.89. The highest BCUT2D eigenvalue weighted by Crippen LogP contribution is 2.38. The van der Waals surface area contributed by atoms with Crippen LogP contribution in [0.3, 0.4) is 0 Å². The van der Waals surface area contributed by atoms with E-state index in [0.29, 0.717) is 12.2 Å². The van der Waals surface area contributed by atoms with Crippen LogP contribution < -0.4 is 5.32 Å². The number of nitrogens with one attached hydrogen (secondary N) is 1. The van der Waals surface area contributed by atoms with Gasteiger partial charge >= 0.3 is 5.97 Å². The lowest BCUT2D eigenvalue weighted by Gasteiger charge is -2.30. The van der Waals surface area contributed by atoms with E-state index < -0.39 is 0 Å². The highest BCUT2D eigenvalue weighted by Gasteiger charge is 2.33. The van der Waals surface area contributed by atoms with E-state index in [1.54, 1.807) is 6.20 Å². The fourth-order valence-corrected chi connectivity index (χ4v) is 3.47. The van der Waals surface area contributed by atoms with Gasteiger partial charge < -0.3 is 14.6 Å². The van der Waals surface area contributed by atoms with Crippen LogP contribution in [0.4, 0.5) is 5.95 Å². The summed E-state index contributed by atoms with van der Waals surface area (Å²) in [6.07, 6.45) is 3.63. The van der Waals surface area contributed by atoms with Crippen LogP contribution in [0, 0.1) is 0 Å². The number of carbonyl (C=O) groups excluding carboxylic acids is 1. The molecule has 3 aromatic rings. The molecule has 5 nitrogen and oxygen atoms in total. The Morgan fingerprint density at radius 1 is 1.24 bits per heavy atom. The van der Waals surface area contributed by atoms with Crippen molar-refractivity contribution in [1.29, 1.82) is 0 Å². The van der Waals surface area contributed by atoms with Crippen LogP contribution in [-0.2, 0) is 9.53 Å². The Balaban J connectivity index is 1.97. The summed E-state index contributed by atoms with van der Waals surface area (Å²) in [5, 5.41) is 5.46. The van der Waals surface area contributed by atoms with Crippen molar-refractivity contribution in [3.05, 3.63) is 71.7 Å². The monoisotopic (exact) mass is 333 g/mol. The average molecular weight is 333 g/mol. The van der Waals surface area contributed by atoms with Crippen molar-refractivity contribution < 1.29 is 9.53 Å². The zero-order valence-electron chi connectivity index (χ0n) is 14.2. The normalized spacial score (nSPS) is 16.5. The molecule has 25 heavy (non-hydrogen) atoms. The van der Waals surface area contributed by atoms with E-state index >= 15 is 0 Å². The topological polar surface area (TPSA) is 56.1 Å². The Labute approximate surface area is 145 Å². The molecule has 0 saturated carbocycles. The Hall–Kier alpha value is -3.08. The molecule has 5 heteroatoms. The first-order chi connectivity index (χ1) is 12.2. The molecule has 1 unspecified atom stereocenters. The fraction of sp³-hybridized carbons (Fsp3) is 0.200. The number of benzene rings is 2.